The lowest BCUT2D eigenvalue weighted by Crippen LogP contribution is -2.10. The minimum atomic E-state index is -0.829. The summed E-state index contributed by atoms with van der Waals surface area (Å²) in [5, 5.41) is 10.3. The normalized spacial score (nSPS) is 16.5. The van der Waals surface area contributed by atoms with Gasteiger partial charge in [0.2, 0.25) is 0 Å². The van der Waals surface area contributed by atoms with Crippen LogP contribution in [0, 0.1) is 5.41 Å². The van der Waals surface area contributed by atoms with Gasteiger partial charge in [-0.2, -0.15) is 0 Å². The average Bonchev–Trinajstić information content (AvgIpc) is 3.00. The summed E-state index contributed by atoms with van der Waals surface area (Å²) in [7, 11) is 0. The topological polar surface area (TPSA) is 55.1 Å². The van der Waals surface area contributed by atoms with Crippen LogP contribution < -0.4 is 0 Å². The Labute approximate surface area is 126 Å². The molecule has 0 aliphatic heterocycles. The van der Waals surface area contributed by atoms with Crippen LogP contribution in [-0.2, 0) is 11.3 Å². The zero-order valence-corrected chi connectivity index (χ0v) is 12.7. The molecule has 1 aliphatic carbocycles. The van der Waals surface area contributed by atoms with E-state index in [-0.39, 0.29) is 5.75 Å². The van der Waals surface area contributed by atoms with Crippen LogP contribution >= 0.6 is 23.4 Å². The number of hydrogen-bond donors (Lipinski definition) is 1. The van der Waals surface area contributed by atoms with E-state index in [2.05, 4.69) is 16.5 Å². The van der Waals surface area contributed by atoms with Crippen molar-refractivity contribution in [2.45, 2.75) is 31.5 Å². The second kappa shape index (κ2) is 4.97. The van der Waals surface area contributed by atoms with Crippen LogP contribution in [0.3, 0.4) is 0 Å². The van der Waals surface area contributed by atoms with Gasteiger partial charge in [-0.15, -0.1) is 0 Å². The van der Waals surface area contributed by atoms with Crippen molar-refractivity contribution < 1.29 is 9.90 Å². The zero-order valence-electron chi connectivity index (χ0n) is 11.1. The number of aliphatic carboxylic acids is 1. The molecule has 0 bridgehead atoms. The third-order valence-corrected chi connectivity index (χ3v) is 4.84. The van der Waals surface area contributed by atoms with Gasteiger partial charge in [-0.25, -0.2) is 4.98 Å². The predicted octanol–water partition coefficient (Wildman–Crippen LogP) is 3.67. The number of carboxylic acid groups (broad SMARTS) is 1. The van der Waals surface area contributed by atoms with Crippen LogP contribution in [0.1, 0.15) is 19.8 Å². The van der Waals surface area contributed by atoms with E-state index in [0.717, 1.165) is 22.7 Å². The van der Waals surface area contributed by atoms with E-state index in [4.69, 9.17) is 16.7 Å². The van der Waals surface area contributed by atoms with Gasteiger partial charge in [-0.3, -0.25) is 4.79 Å². The number of carboxylic acids is 1. The summed E-state index contributed by atoms with van der Waals surface area (Å²) in [6, 6.07) is 5.64. The fourth-order valence-corrected chi connectivity index (χ4v) is 3.12. The summed E-state index contributed by atoms with van der Waals surface area (Å²) < 4.78 is 2.13. The van der Waals surface area contributed by atoms with E-state index in [0.29, 0.717) is 10.4 Å². The number of thioether (sulfide) groups is 1. The van der Waals surface area contributed by atoms with E-state index in [9.17, 15) is 4.79 Å². The molecule has 1 saturated carbocycles. The lowest BCUT2D eigenvalue weighted by molar-refractivity contribution is -0.133. The smallest absolute Gasteiger partial charge is 0.313 e. The van der Waals surface area contributed by atoms with Crippen molar-refractivity contribution in [3.8, 4) is 0 Å². The van der Waals surface area contributed by atoms with Crippen molar-refractivity contribution in [3.05, 3.63) is 23.2 Å². The van der Waals surface area contributed by atoms with Gasteiger partial charge in [0.1, 0.15) is 0 Å². The zero-order chi connectivity index (χ0) is 14.3. The van der Waals surface area contributed by atoms with Crippen molar-refractivity contribution in [1.29, 1.82) is 0 Å². The average molecular weight is 311 g/mol. The van der Waals surface area contributed by atoms with Crippen molar-refractivity contribution in [2.24, 2.45) is 5.41 Å². The second-order valence-electron chi connectivity index (χ2n) is 5.61. The van der Waals surface area contributed by atoms with Crippen LogP contribution in [-0.4, -0.2) is 26.4 Å². The molecule has 0 atom stereocenters. The first-order valence-electron chi connectivity index (χ1n) is 6.47. The van der Waals surface area contributed by atoms with Gasteiger partial charge in [0, 0.05) is 11.6 Å². The lowest BCUT2D eigenvalue weighted by Gasteiger charge is -2.13. The molecule has 0 amide bonds. The minimum Gasteiger partial charge on any atom is -0.481 e. The molecule has 6 heteroatoms. The largest absolute Gasteiger partial charge is 0.481 e. The van der Waals surface area contributed by atoms with Crippen molar-refractivity contribution in [2.75, 3.05) is 5.75 Å². The molecular weight excluding hydrogens is 296 g/mol. The Kier molecular flexibility index (Phi) is 3.42. The first kappa shape index (κ1) is 13.8. The molecule has 1 aromatic heterocycles. The highest BCUT2D eigenvalue weighted by Gasteiger charge is 2.38. The summed E-state index contributed by atoms with van der Waals surface area (Å²) in [6.45, 7) is 3.13. The van der Waals surface area contributed by atoms with Crippen LogP contribution in [0.25, 0.3) is 11.0 Å². The molecule has 1 heterocycles. The van der Waals surface area contributed by atoms with Crippen LogP contribution in [0.5, 0.6) is 0 Å². The molecule has 106 valence electrons. The van der Waals surface area contributed by atoms with Crippen LogP contribution in [0.4, 0.5) is 0 Å². The molecule has 0 unspecified atom stereocenters. The van der Waals surface area contributed by atoms with Crippen molar-refractivity contribution >= 4 is 40.4 Å². The Hall–Kier alpha value is -1.20. The Morgan fingerprint density at radius 3 is 2.95 bits per heavy atom. The fourth-order valence-electron chi connectivity index (χ4n) is 2.22. The number of rotatable bonds is 5. The molecule has 0 spiro atoms. The van der Waals surface area contributed by atoms with Gasteiger partial charge in [0.25, 0.3) is 0 Å². The van der Waals surface area contributed by atoms with E-state index in [1.54, 1.807) is 0 Å². The number of imidazole rings is 1. The number of nitrogens with zero attached hydrogens (tertiary/aromatic N) is 2. The highest BCUT2D eigenvalue weighted by atomic mass is 35.5. The van der Waals surface area contributed by atoms with Crippen molar-refractivity contribution in [1.82, 2.24) is 9.55 Å². The molecule has 20 heavy (non-hydrogen) atoms. The van der Waals surface area contributed by atoms with Gasteiger partial charge in [-0.05, 0) is 36.5 Å². The highest BCUT2D eigenvalue weighted by molar-refractivity contribution is 7.99. The van der Waals surface area contributed by atoms with Crippen LogP contribution in [0.2, 0.25) is 5.02 Å². The van der Waals surface area contributed by atoms with E-state index in [1.807, 2.05) is 18.2 Å². The molecule has 1 aliphatic rings. The quantitative estimate of drug-likeness (QED) is 0.856. The van der Waals surface area contributed by atoms with Gasteiger partial charge in [-0.1, -0.05) is 30.3 Å². The standard InChI is InChI=1S/C14H15ClN2O2S/c1-14(4-5-14)8-17-11-3-2-9(15)6-10(11)16-13(17)20-7-12(18)19/h2-3,6H,4-5,7-8H2,1H3,(H,18,19). The molecule has 0 radical (unpaired) electrons. The van der Waals surface area contributed by atoms with Gasteiger partial charge < -0.3 is 9.67 Å². The number of fused-ring (bicyclic) bond motifs is 1. The summed E-state index contributed by atoms with van der Waals surface area (Å²) in [6.07, 6.45) is 2.42. The molecule has 3 rings (SSSR count). The third-order valence-electron chi connectivity index (χ3n) is 3.64. The molecule has 2 aromatic rings. The number of benzene rings is 1. The molecular formula is C14H15ClN2O2S. The molecule has 4 nitrogen and oxygen atoms in total. The number of hydrogen-bond acceptors (Lipinski definition) is 3. The Balaban J connectivity index is 2.01. The van der Waals surface area contributed by atoms with E-state index in [1.165, 1.54) is 24.6 Å². The molecule has 0 saturated heterocycles. The van der Waals surface area contributed by atoms with Crippen molar-refractivity contribution in [3.63, 3.8) is 0 Å². The SMILES string of the molecule is CC1(Cn2c(SCC(=O)O)nc3cc(Cl)ccc32)CC1. The fraction of sp³-hybridized carbons (Fsp3) is 0.429. The molecule has 1 N–H and O–H groups in total. The maximum atomic E-state index is 10.8. The Morgan fingerprint density at radius 1 is 1.55 bits per heavy atom. The third kappa shape index (κ3) is 2.79. The lowest BCUT2D eigenvalue weighted by atomic mass is 10.1. The van der Waals surface area contributed by atoms with Gasteiger partial charge >= 0.3 is 5.97 Å². The van der Waals surface area contributed by atoms with Gasteiger partial charge in [0.05, 0.1) is 16.8 Å². The predicted molar refractivity (Wildman–Crippen MR) is 80.4 cm³/mol. The Bertz CT molecular complexity index is 679. The van der Waals surface area contributed by atoms with Gasteiger partial charge in [0.15, 0.2) is 5.16 Å². The summed E-state index contributed by atoms with van der Waals surface area (Å²) >= 11 is 7.27. The monoisotopic (exact) mass is 310 g/mol. The summed E-state index contributed by atoms with van der Waals surface area (Å²) in [5.41, 5.74) is 2.18. The number of carbonyl (C=O) groups is 1. The maximum Gasteiger partial charge on any atom is 0.313 e. The minimum absolute atomic E-state index is 0.0216. The maximum absolute atomic E-state index is 10.8. The second-order valence-corrected chi connectivity index (χ2v) is 6.99. The first-order valence-corrected chi connectivity index (χ1v) is 7.84. The molecule has 1 fully saturated rings. The summed E-state index contributed by atoms with van der Waals surface area (Å²) in [5.74, 6) is -0.808. The van der Waals surface area contributed by atoms with Crippen LogP contribution in [0.15, 0.2) is 23.4 Å². The molecule has 1 aromatic carbocycles. The first-order chi connectivity index (χ1) is 9.47. The van der Waals surface area contributed by atoms with E-state index >= 15 is 0 Å². The highest BCUT2D eigenvalue weighted by Crippen LogP contribution is 2.47. The summed E-state index contributed by atoms with van der Waals surface area (Å²) in [4.78, 5) is 15.3. The number of aromatic nitrogens is 2. The Morgan fingerprint density at radius 2 is 2.30 bits per heavy atom. The number of halogens is 1. The van der Waals surface area contributed by atoms with E-state index < -0.39 is 5.97 Å².